The van der Waals surface area contributed by atoms with Crippen LogP contribution in [-0.4, -0.2) is 32.8 Å². The first kappa shape index (κ1) is 12.9. The van der Waals surface area contributed by atoms with Crippen molar-refractivity contribution in [1.82, 2.24) is 0 Å². The molecule has 0 saturated heterocycles. The van der Waals surface area contributed by atoms with E-state index in [0.717, 1.165) is 25.1 Å². The van der Waals surface area contributed by atoms with Crippen LogP contribution in [0.4, 0.5) is 0 Å². The lowest BCUT2D eigenvalue weighted by atomic mass is 10.9. The average molecular weight is 226 g/mol. The molecule has 0 spiro atoms. The summed E-state index contributed by atoms with van der Waals surface area (Å²) in [6, 6.07) is 0. The molecule has 0 heterocycles. The van der Waals surface area contributed by atoms with Gasteiger partial charge in [-0.2, -0.15) is 0 Å². The first-order valence-electron chi connectivity index (χ1n) is 4.30. The van der Waals surface area contributed by atoms with Crippen LogP contribution in [0.1, 0.15) is 13.8 Å². The average Bonchev–Trinajstić information content (AvgIpc) is 2.02. The first-order chi connectivity index (χ1) is 5.68. The molecule has 0 amide bonds. The standard InChI is InChI=1S/C7H19O2PSSi/c1-4-8-12(3,9-5-2)11-7-6-10/h4-7,10H2,1-3H3. The van der Waals surface area contributed by atoms with Gasteiger partial charge >= 0.3 is 7.71 Å². The van der Waals surface area contributed by atoms with E-state index in [1.807, 2.05) is 25.1 Å². The molecule has 0 saturated carbocycles. The van der Waals surface area contributed by atoms with E-state index in [2.05, 4.69) is 15.8 Å². The Hall–Kier alpha value is 0.917. The van der Waals surface area contributed by atoms with Crippen molar-refractivity contribution in [1.29, 1.82) is 0 Å². The fourth-order valence-corrected chi connectivity index (χ4v) is 6.41. The van der Waals surface area contributed by atoms with Gasteiger partial charge < -0.3 is 8.85 Å². The lowest BCUT2D eigenvalue weighted by Gasteiger charge is -2.24. The molecule has 0 aromatic carbocycles. The summed E-state index contributed by atoms with van der Waals surface area (Å²) in [5.41, 5.74) is 0. The van der Waals surface area contributed by atoms with Gasteiger partial charge in [0.15, 0.2) is 0 Å². The molecule has 0 fully saturated rings. The third-order valence-electron chi connectivity index (χ3n) is 1.30. The lowest BCUT2D eigenvalue weighted by Crippen LogP contribution is -2.35. The molecule has 0 aliphatic heterocycles. The quantitative estimate of drug-likeness (QED) is 0.490. The Bertz CT molecular complexity index is 110. The smallest absolute Gasteiger partial charge is 0.387 e. The Kier molecular flexibility index (Phi) is 7.89. The van der Waals surface area contributed by atoms with E-state index >= 15 is 0 Å². The zero-order chi connectivity index (χ0) is 9.45. The van der Waals surface area contributed by atoms with E-state index in [0.29, 0.717) is 0 Å². The molecule has 1 unspecified atom stereocenters. The number of rotatable bonds is 7. The molecule has 0 bridgehead atoms. The van der Waals surface area contributed by atoms with Gasteiger partial charge in [0.1, 0.15) is 0 Å². The van der Waals surface area contributed by atoms with Crippen LogP contribution in [0.3, 0.4) is 0 Å². The second kappa shape index (κ2) is 7.33. The topological polar surface area (TPSA) is 18.5 Å². The maximum absolute atomic E-state index is 5.64. The largest absolute Gasteiger partial charge is 0.402 e. The van der Waals surface area contributed by atoms with Crippen molar-refractivity contribution in [3.05, 3.63) is 0 Å². The third kappa shape index (κ3) is 5.54. The zero-order valence-corrected chi connectivity index (χ0v) is 11.1. The van der Waals surface area contributed by atoms with Gasteiger partial charge in [-0.05, 0) is 32.3 Å². The highest BCUT2D eigenvalue weighted by molar-refractivity contribution is 8.27. The molecule has 0 aliphatic rings. The monoisotopic (exact) mass is 226 g/mol. The maximum Gasteiger partial charge on any atom is 0.402 e. The fraction of sp³-hybridized carbons (Fsp3) is 1.00. The molecule has 0 N–H and O–H groups in total. The summed E-state index contributed by atoms with van der Waals surface area (Å²) in [6.45, 7) is 7.67. The second-order valence-electron chi connectivity index (χ2n) is 2.37. The molecule has 0 rings (SSSR count). The predicted molar refractivity (Wildman–Crippen MR) is 61.9 cm³/mol. The van der Waals surface area contributed by atoms with E-state index in [1.165, 1.54) is 0 Å². The van der Waals surface area contributed by atoms with E-state index in [4.69, 9.17) is 8.85 Å². The summed E-state index contributed by atoms with van der Waals surface area (Å²) in [7, 11) is 0.853. The SMILES string of the molecule is CCO[Si](C)(OCC)SCCP. The Labute approximate surface area is 82.9 Å². The van der Waals surface area contributed by atoms with Gasteiger partial charge in [0.2, 0.25) is 0 Å². The molecule has 0 aromatic heterocycles. The molecule has 2 nitrogen and oxygen atoms in total. The van der Waals surface area contributed by atoms with Gasteiger partial charge in [0.05, 0.1) is 0 Å². The molecule has 0 aliphatic carbocycles. The van der Waals surface area contributed by atoms with E-state index < -0.39 is 7.71 Å². The summed E-state index contributed by atoms with van der Waals surface area (Å²) in [5.74, 6) is 1.10. The van der Waals surface area contributed by atoms with E-state index in [1.54, 1.807) is 0 Å². The minimum absolute atomic E-state index is 0.757. The van der Waals surface area contributed by atoms with Gasteiger partial charge in [0, 0.05) is 13.2 Å². The third-order valence-corrected chi connectivity index (χ3v) is 7.49. The van der Waals surface area contributed by atoms with Crippen molar-refractivity contribution in [2.75, 3.05) is 25.1 Å². The minimum atomic E-state index is -1.87. The molecule has 12 heavy (non-hydrogen) atoms. The van der Waals surface area contributed by atoms with Crippen molar-refractivity contribution in [3.8, 4) is 0 Å². The van der Waals surface area contributed by atoms with Crippen molar-refractivity contribution in [2.45, 2.75) is 20.4 Å². The van der Waals surface area contributed by atoms with Crippen LogP contribution in [0.25, 0.3) is 0 Å². The van der Waals surface area contributed by atoms with Crippen molar-refractivity contribution in [3.63, 3.8) is 0 Å². The Morgan fingerprint density at radius 2 is 1.75 bits per heavy atom. The van der Waals surface area contributed by atoms with Crippen molar-refractivity contribution < 1.29 is 8.85 Å². The highest BCUT2D eigenvalue weighted by atomic mass is 32.4. The van der Waals surface area contributed by atoms with Crippen LogP contribution in [-0.2, 0) is 8.85 Å². The summed E-state index contributed by atoms with van der Waals surface area (Å²) in [5, 5.41) is 0. The Morgan fingerprint density at radius 1 is 1.25 bits per heavy atom. The molecular weight excluding hydrogens is 207 g/mol. The van der Waals surface area contributed by atoms with Crippen LogP contribution >= 0.6 is 20.5 Å². The second-order valence-corrected chi connectivity index (χ2v) is 9.03. The summed E-state index contributed by atoms with van der Waals surface area (Å²) in [6.07, 6.45) is 1.10. The summed E-state index contributed by atoms with van der Waals surface area (Å²) < 4.78 is 11.3. The minimum Gasteiger partial charge on any atom is -0.387 e. The van der Waals surface area contributed by atoms with Gasteiger partial charge in [-0.3, -0.25) is 0 Å². The molecule has 1 atom stereocenters. The Morgan fingerprint density at radius 3 is 2.08 bits per heavy atom. The van der Waals surface area contributed by atoms with Crippen LogP contribution in [0.2, 0.25) is 6.55 Å². The molecule has 0 aromatic rings. The molecule has 0 radical (unpaired) electrons. The van der Waals surface area contributed by atoms with Gasteiger partial charge in [0.25, 0.3) is 0 Å². The lowest BCUT2D eigenvalue weighted by molar-refractivity contribution is 0.211. The van der Waals surface area contributed by atoms with E-state index in [9.17, 15) is 0 Å². The van der Waals surface area contributed by atoms with Crippen LogP contribution in [0, 0.1) is 0 Å². The fourth-order valence-electron chi connectivity index (χ4n) is 0.894. The van der Waals surface area contributed by atoms with Crippen LogP contribution in [0.15, 0.2) is 0 Å². The zero-order valence-electron chi connectivity index (χ0n) is 8.13. The first-order valence-corrected chi connectivity index (χ1v) is 9.14. The maximum atomic E-state index is 5.64. The Balaban J connectivity index is 3.80. The number of hydrogen-bond donors (Lipinski definition) is 0. The summed E-state index contributed by atoms with van der Waals surface area (Å²) >= 11 is 1.85. The molecule has 74 valence electrons. The van der Waals surface area contributed by atoms with Crippen LogP contribution in [0.5, 0.6) is 0 Å². The highest BCUT2D eigenvalue weighted by Crippen LogP contribution is 2.23. The molecular formula is C7H19O2PSSi. The number of hydrogen-bond acceptors (Lipinski definition) is 3. The van der Waals surface area contributed by atoms with Crippen LogP contribution < -0.4 is 0 Å². The normalized spacial score (nSPS) is 12.0. The highest BCUT2D eigenvalue weighted by Gasteiger charge is 2.31. The predicted octanol–water partition coefficient (Wildman–Crippen LogP) is 2.24. The van der Waals surface area contributed by atoms with Crippen molar-refractivity contribution in [2.24, 2.45) is 0 Å². The van der Waals surface area contributed by atoms with Gasteiger partial charge in [-0.1, -0.05) is 0 Å². The van der Waals surface area contributed by atoms with Gasteiger partial charge in [-0.15, -0.1) is 20.5 Å². The van der Waals surface area contributed by atoms with Gasteiger partial charge in [-0.25, -0.2) is 0 Å². The van der Waals surface area contributed by atoms with Crippen molar-refractivity contribution >= 4 is 28.2 Å². The summed E-state index contributed by atoms with van der Waals surface area (Å²) in [4.78, 5) is 0. The molecule has 5 heteroatoms. The van der Waals surface area contributed by atoms with E-state index in [-0.39, 0.29) is 0 Å².